The number of aldehydes is 1. The number of unbranched alkanes of at least 4 members (excludes halogenated alkanes) is 12. The lowest BCUT2D eigenvalue weighted by Crippen LogP contribution is -1.87. The predicted octanol–water partition coefficient (Wildman–Crippen LogP) is 10.4. The van der Waals surface area contributed by atoms with Crippen molar-refractivity contribution >= 4 is 41.1 Å². The van der Waals surface area contributed by atoms with E-state index in [0.717, 1.165) is 17.6 Å². The number of hydrogen-bond acceptors (Lipinski definition) is 3. The summed E-state index contributed by atoms with van der Waals surface area (Å²) in [6, 6.07) is 4.41. The lowest BCUT2D eigenvalue weighted by Gasteiger charge is -2.03. The molecule has 32 heavy (non-hydrogen) atoms. The monoisotopic (exact) mass is 472 g/mol. The molecule has 0 unspecified atom stereocenters. The van der Waals surface area contributed by atoms with E-state index in [1.54, 1.807) is 11.3 Å². The summed E-state index contributed by atoms with van der Waals surface area (Å²) in [5, 5.41) is 2.22. The van der Waals surface area contributed by atoms with Crippen LogP contribution in [0.5, 0.6) is 0 Å². The van der Waals surface area contributed by atoms with E-state index in [9.17, 15) is 4.79 Å². The van der Waals surface area contributed by atoms with Crippen LogP contribution >= 0.6 is 22.7 Å². The molecule has 0 aliphatic heterocycles. The Morgan fingerprint density at radius 3 is 1.81 bits per heavy atom. The van der Waals surface area contributed by atoms with Crippen LogP contribution in [-0.2, 0) is 12.8 Å². The van der Waals surface area contributed by atoms with Crippen LogP contribution < -0.4 is 0 Å². The maximum absolute atomic E-state index is 11.4. The molecule has 2 aromatic heterocycles. The van der Waals surface area contributed by atoms with Gasteiger partial charge in [-0.1, -0.05) is 90.9 Å². The zero-order valence-corrected chi connectivity index (χ0v) is 22.1. The minimum absolute atomic E-state index is 0.858. The fourth-order valence-corrected chi connectivity index (χ4v) is 6.03. The van der Waals surface area contributed by atoms with E-state index in [1.807, 2.05) is 11.3 Å². The van der Waals surface area contributed by atoms with Gasteiger partial charge in [0.15, 0.2) is 6.29 Å². The standard InChI is InChI=1S/C29H44OS2/c1-3-5-7-9-11-13-15-17-25-21-22-31-28(25)19-20-29-26(23-27(24-30)32-29)18-16-14-12-10-8-6-4-2/h19-24H,3-18H2,1-2H3/b20-19+. The van der Waals surface area contributed by atoms with Gasteiger partial charge in [0.1, 0.15) is 0 Å². The fourth-order valence-electron chi connectivity index (χ4n) is 4.26. The number of thiophene rings is 2. The van der Waals surface area contributed by atoms with Crippen LogP contribution in [-0.4, -0.2) is 6.29 Å². The Labute approximate surface area is 205 Å². The van der Waals surface area contributed by atoms with E-state index in [4.69, 9.17) is 0 Å². The Hall–Kier alpha value is -1.19. The third kappa shape index (κ3) is 10.6. The van der Waals surface area contributed by atoms with Gasteiger partial charge in [0.25, 0.3) is 0 Å². The summed E-state index contributed by atoms with van der Waals surface area (Å²) in [7, 11) is 0. The molecular weight excluding hydrogens is 428 g/mol. The van der Waals surface area contributed by atoms with Crippen molar-refractivity contribution in [1.82, 2.24) is 0 Å². The molecule has 0 atom stereocenters. The lowest BCUT2D eigenvalue weighted by atomic mass is 10.0. The molecule has 0 saturated carbocycles. The Morgan fingerprint density at radius 1 is 0.688 bits per heavy atom. The summed E-state index contributed by atoms with van der Waals surface area (Å²) in [6.45, 7) is 4.55. The molecule has 0 N–H and O–H groups in total. The molecule has 0 amide bonds. The van der Waals surface area contributed by atoms with Crippen LogP contribution in [0.4, 0.5) is 0 Å². The molecule has 0 saturated heterocycles. The van der Waals surface area contributed by atoms with Crippen molar-refractivity contribution in [1.29, 1.82) is 0 Å². The Kier molecular flexibility index (Phi) is 14.6. The molecule has 1 nitrogen and oxygen atoms in total. The highest BCUT2D eigenvalue weighted by molar-refractivity contribution is 7.14. The van der Waals surface area contributed by atoms with Gasteiger partial charge in [0.05, 0.1) is 4.88 Å². The highest BCUT2D eigenvalue weighted by Crippen LogP contribution is 2.28. The van der Waals surface area contributed by atoms with Crippen LogP contribution in [0.3, 0.4) is 0 Å². The first kappa shape index (κ1) is 27.1. The van der Waals surface area contributed by atoms with E-state index >= 15 is 0 Å². The predicted molar refractivity (Wildman–Crippen MR) is 146 cm³/mol. The molecule has 2 aromatic rings. The minimum Gasteiger partial charge on any atom is -0.297 e. The Bertz CT molecular complexity index is 768. The molecule has 0 aliphatic rings. The van der Waals surface area contributed by atoms with Crippen molar-refractivity contribution in [3.63, 3.8) is 0 Å². The molecule has 0 aromatic carbocycles. The smallest absolute Gasteiger partial charge is 0.160 e. The summed E-state index contributed by atoms with van der Waals surface area (Å²) >= 11 is 3.48. The summed E-state index contributed by atoms with van der Waals surface area (Å²) in [5.74, 6) is 0. The van der Waals surface area contributed by atoms with Gasteiger partial charge < -0.3 is 0 Å². The molecular formula is C29H44OS2. The van der Waals surface area contributed by atoms with Gasteiger partial charge in [0.2, 0.25) is 0 Å². The van der Waals surface area contributed by atoms with Crippen molar-refractivity contribution < 1.29 is 4.79 Å². The maximum atomic E-state index is 11.4. The second kappa shape index (κ2) is 17.3. The van der Waals surface area contributed by atoms with Crippen LogP contribution in [0.1, 0.15) is 134 Å². The van der Waals surface area contributed by atoms with Gasteiger partial charge in [0, 0.05) is 9.75 Å². The third-order valence-corrected chi connectivity index (χ3v) is 8.24. The van der Waals surface area contributed by atoms with Gasteiger partial charge >= 0.3 is 0 Å². The van der Waals surface area contributed by atoms with E-state index in [0.29, 0.717) is 0 Å². The second-order valence-electron chi connectivity index (χ2n) is 9.04. The van der Waals surface area contributed by atoms with Gasteiger partial charge in [-0.15, -0.1) is 22.7 Å². The fraction of sp³-hybridized carbons (Fsp3) is 0.621. The van der Waals surface area contributed by atoms with E-state index in [1.165, 1.54) is 117 Å². The Balaban J connectivity index is 1.83. The zero-order chi connectivity index (χ0) is 22.9. The van der Waals surface area contributed by atoms with Crippen molar-refractivity contribution in [2.75, 3.05) is 0 Å². The number of aryl methyl sites for hydroxylation is 2. The van der Waals surface area contributed by atoms with E-state index in [-0.39, 0.29) is 0 Å². The molecule has 2 rings (SSSR count). The molecule has 0 spiro atoms. The molecule has 0 fully saturated rings. The molecule has 0 aliphatic carbocycles. The van der Waals surface area contributed by atoms with Crippen LogP contribution in [0, 0.1) is 0 Å². The first-order valence-corrected chi connectivity index (χ1v) is 14.8. The SMILES string of the molecule is CCCCCCCCCc1ccsc1/C=C/c1sc(C=O)cc1CCCCCCCCC. The summed E-state index contributed by atoms with van der Waals surface area (Å²) in [6.07, 6.45) is 26.6. The second-order valence-corrected chi connectivity index (χ2v) is 11.1. The quantitative estimate of drug-likeness (QED) is 0.147. The average molecular weight is 473 g/mol. The number of carbonyl (C=O) groups is 1. The van der Waals surface area contributed by atoms with Gasteiger partial charge in [-0.2, -0.15) is 0 Å². The molecule has 0 radical (unpaired) electrons. The number of rotatable bonds is 19. The maximum Gasteiger partial charge on any atom is 0.160 e. The highest BCUT2D eigenvalue weighted by Gasteiger charge is 2.08. The summed E-state index contributed by atoms with van der Waals surface area (Å²) in [5.41, 5.74) is 2.84. The summed E-state index contributed by atoms with van der Waals surface area (Å²) in [4.78, 5) is 14.9. The van der Waals surface area contributed by atoms with Crippen molar-refractivity contribution in [3.8, 4) is 0 Å². The largest absolute Gasteiger partial charge is 0.297 e. The van der Waals surface area contributed by atoms with Crippen molar-refractivity contribution in [2.45, 2.75) is 117 Å². The first-order valence-electron chi connectivity index (χ1n) is 13.1. The highest BCUT2D eigenvalue weighted by atomic mass is 32.1. The third-order valence-electron chi connectivity index (χ3n) is 6.24. The van der Waals surface area contributed by atoms with Crippen LogP contribution in [0.15, 0.2) is 17.5 Å². The van der Waals surface area contributed by atoms with Crippen LogP contribution in [0.25, 0.3) is 12.2 Å². The van der Waals surface area contributed by atoms with Crippen molar-refractivity contribution in [3.05, 3.63) is 43.3 Å². The molecule has 0 bridgehead atoms. The molecule has 178 valence electrons. The molecule has 2 heterocycles. The topological polar surface area (TPSA) is 17.1 Å². The van der Waals surface area contributed by atoms with Gasteiger partial charge in [-0.25, -0.2) is 0 Å². The van der Waals surface area contributed by atoms with E-state index < -0.39 is 0 Å². The Morgan fingerprint density at radius 2 is 1.22 bits per heavy atom. The first-order chi connectivity index (χ1) is 15.8. The zero-order valence-electron chi connectivity index (χ0n) is 20.5. The van der Waals surface area contributed by atoms with Gasteiger partial charge in [-0.3, -0.25) is 4.79 Å². The average Bonchev–Trinajstić information content (AvgIpc) is 3.42. The van der Waals surface area contributed by atoms with E-state index in [2.05, 4.69) is 43.5 Å². The van der Waals surface area contributed by atoms with Gasteiger partial charge in [-0.05, 0) is 66.5 Å². The normalized spacial score (nSPS) is 11.6. The number of carbonyl (C=O) groups excluding carboxylic acids is 1. The minimum atomic E-state index is 0.858. The summed E-state index contributed by atoms with van der Waals surface area (Å²) < 4.78 is 0. The lowest BCUT2D eigenvalue weighted by molar-refractivity contribution is 0.112. The van der Waals surface area contributed by atoms with Crippen molar-refractivity contribution in [2.24, 2.45) is 0 Å². The molecule has 3 heteroatoms. The number of hydrogen-bond donors (Lipinski definition) is 0. The van der Waals surface area contributed by atoms with Crippen LogP contribution in [0.2, 0.25) is 0 Å².